The van der Waals surface area contributed by atoms with E-state index in [1.54, 1.807) is 44.7 Å². The SMILES string of the molecule is CO[C@@H]1[C@@H](C)[C@@H](O)[C@@H](C)[C@H](OC(C)=O)[C@H](C)[C@@H](OC)/C=C/O[C@@]2(C)Oc3c(C)c(O)c4c(O)c(c5c(c4c3C2=O)NC2(CCN(CC(C)C)CC2)N=5)=NC(=O)/C(C)=C\CC(C(=O)CNC(=O)CCCCC2SCC3NC(=O)NC32)[C@@H]1C. The molecule has 7 heterocycles. The molecule has 2 aromatic carbocycles. The molecule has 5 bridgehead atoms. The summed E-state index contributed by atoms with van der Waals surface area (Å²) < 4.78 is 30.6. The van der Waals surface area contributed by atoms with Crippen molar-refractivity contribution in [3.8, 4) is 17.2 Å². The van der Waals surface area contributed by atoms with Crippen LogP contribution in [0, 0.1) is 42.4 Å². The number of aliphatic hydroxyl groups excluding tert-OH is 1. The minimum atomic E-state index is -2.00. The Balaban J connectivity index is 1.19. The number of methoxy groups -OCH3 is 2. The number of hydrogen-bond donors (Lipinski definition) is 7. The number of benzene rings is 2. The molecule has 4 amide bonds. The van der Waals surface area contributed by atoms with Crippen molar-refractivity contribution in [2.75, 3.05) is 51.5 Å². The predicted octanol–water partition coefficient (Wildman–Crippen LogP) is 5.26. The number of esters is 1. The Morgan fingerprint density at radius 2 is 1.64 bits per heavy atom. The second-order valence-electron chi connectivity index (χ2n) is 23.8. The first-order valence-corrected chi connectivity index (χ1v) is 29.6. The fraction of sp³-hybridized carbons (Fsp3) is 0.661. The van der Waals surface area contributed by atoms with Crippen molar-refractivity contribution < 1.29 is 67.8 Å². The van der Waals surface area contributed by atoms with Crippen LogP contribution in [0.2, 0.25) is 0 Å². The molecule has 2 aromatic rings. The first-order chi connectivity index (χ1) is 38.3. The van der Waals surface area contributed by atoms with Gasteiger partial charge in [-0.2, -0.15) is 11.8 Å². The van der Waals surface area contributed by atoms with Crippen molar-refractivity contribution in [3.63, 3.8) is 0 Å². The smallest absolute Gasteiger partial charge is 0.315 e. The lowest BCUT2D eigenvalue weighted by Crippen LogP contribution is -2.48. The Morgan fingerprint density at radius 3 is 2.31 bits per heavy atom. The summed E-state index contributed by atoms with van der Waals surface area (Å²) in [4.78, 5) is 94.3. The molecular formula is C59H83N7O14S. The third-order valence-corrected chi connectivity index (χ3v) is 19.2. The molecular weight excluding hydrogens is 1060 g/mol. The molecule has 81 heavy (non-hydrogen) atoms. The van der Waals surface area contributed by atoms with Gasteiger partial charge in [-0.3, -0.25) is 29.0 Å². The number of ketones is 2. The molecule has 7 aliphatic rings. The van der Waals surface area contributed by atoms with E-state index < -0.39 is 94.6 Å². The molecule has 0 radical (unpaired) electrons. The number of anilines is 1. The second kappa shape index (κ2) is 25.0. The Hall–Kier alpha value is -5.81. The highest BCUT2D eigenvalue weighted by molar-refractivity contribution is 8.00. The number of likely N-dealkylation sites (tertiary alicyclic amines) is 1. The van der Waals surface area contributed by atoms with Crippen molar-refractivity contribution in [1.82, 2.24) is 20.9 Å². The van der Waals surface area contributed by atoms with Gasteiger partial charge in [0.1, 0.15) is 34.0 Å². The van der Waals surface area contributed by atoms with Gasteiger partial charge in [-0.1, -0.05) is 54.0 Å². The van der Waals surface area contributed by atoms with Crippen LogP contribution in [0.25, 0.3) is 10.8 Å². The number of carbonyl (C=O) groups excluding carboxylic acids is 6. The number of ether oxygens (including phenoxy) is 5. The molecule has 7 N–H and O–H groups in total. The van der Waals surface area contributed by atoms with Crippen LogP contribution < -0.4 is 36.7 Å². The highest BCUT2D eigenvalue weighted by Crippen LogP contribution is 2.51. The molecule has 21 nitrogen and oxygen atoms in total. The molecule has 444 valence electrons. The van der Waals surface area contributed by atoms with Gasteiger partial charge in [-0.05, 0) is 51.0 Å². The van der Waals surface area contributed by atoms with E-state index in [1.807, 2.05) is 6.92 Å². The fourth-order valence-electron chi connectivity index (χ4n) is 13.0. The minimum Gasteiger partial charge on any atom is -0.507 e. The van der Waals surface area contributed by atoms with Crippen LogP contribution in [0.4, 0.5) is 10.5 Å². The summed E-state index contributed by atoms with van der Waals surface area (Å²) in [6, 6.07) is 0.00246. The van der Waals surface area contributed by atoms with Crippen molar-refractivity contribution in [1.29, 1.82) is 0 Å². The van der Waals surface area contributed by atoms with Gasteiger partial charge in [0.25, 0.3) is 11.7 Å². The van der Waals surface area contributed by atoms with Gasteiger partial charge < -0.3 is 65.2 Å². The summed E-state index contributed by atoms with van der Waals surface area (Å²) in [6.07, 6.45) is 3.98. The van der Waals surface area contributed by atoms with Gasteiger partial charge in [0.2, 0.25) is 5.91 Å². The molecule has 0 saturated carbocycles. The number of urea groups is 1. The topological polar surface area (TPSA) is 285 Å². The highest BCUT2D eigenvalue weighted by Gasteiger charge is 2.51. The number of carbonyl (C=O) groups is 6. The average Bonchev–Trinajstić information content (AvgIpc) is 4.35. The number of aromatic hydroxyl groups is 2. The van der Waals surface area contributed by atoms with E-state index in [2.05, 4.69) is 45.0 Å². The highest BCUT2D eigenvalue weighted by atomic mass is 32.2. The fourth-order valence-corrected chi connectivity index (χ4v) is 14.6. The molecule has 3 saturated heterocycles. The summed E-state index contributed by atoms with van der Waals surface area (Å²) in [6.45, 7) is 19.1. The molecule has 3 fully saturated rings. The number of hydrogen-bond acceptors (Lipinski definition) is 18. The second-order valence-corrected chi connectivity index (χ2v) is 25.1. The van der Waals surface area contributed by atoms with Crippen LogP contribution in [0.3, 0.4) is 0 Å². The Kier molecular flexibility index (Phi) is 18.9. The monoisotopic (exact) mass is 1150 g/mol. The maximum Gasteiger partial charge on any atom is 0.315 e. The molecule has 13 atom stereocenters. The van der Waals surface area contributed by atoms with Crippen LogP contribution in [-0.4, -0.2) is 155 Å². The number of nitrogens with zero attached hydrogens (tertiary/aromatic N) is 3. The lowest BCUT2D eigenvalue weighted by atomic mass is 9.74. The van der Waals surface area contributed by atoms with Gasteiger partial charge in [0.15, 0.2) is 11.5 Å². The third kappa shape index (κ3) is 12.5. The number of aliphatic hydroxyl groups is 1. The summed E-state index contributed by atoms with van der Waals surface area (Å²) in [5, 5.41) is 49.2. The zero-order valence-electron chi connectivity index (χ0n) is 48.8. The lowest BCUT2D eigenvalue weighted by molar-refractivity contribution is -0.162. The quantitative estimate of drug-likeness (QED) is 0.0582. The van der Waals surface area contributed by atoms with Crippen molar-refractivity contribution in [2.24, 2.45) is 45.5 Å². The summed E-state index contributed by atoms with van der Waals surface area (Å²) >= 11 is 1.80. The standard InChI is InChI=1S/C59H83N7O14S/c1-28(2)26-66-22-20-59(21-23-66)64-46-42-43-50(71)34(8)54-44(42)55(73)58(10,80-54)78-24-19-39(76-11)31(5)53(79-35(9)67)33(7)49(70)32(6)52(77-12)30(4)36(18-17-29(3)56(74)62-48(51(43)72)47(46)65-59)38(68)25-60-41(69)16-14-13-15-40-45-37(27-81-40)61-57(75)63-45/h17,19,24,28,30-33,36-37,39-40,45,49,52-53,64,70-72H,13-16,18,20-23,25-27H2,1-12H3,(H,60,69)(H2,61,63,75)/b24-19+,29-17-,62-48?/t30-,31+,32-,33+,36?,37?,39-,40?,45?,49+,52-,53+,58-/m0/s1. The maximum atomic E-state index is 15.0. The van der Waals surface area contributed by atoms with E-state index >= 15 is 0 Å². The van der Waals surface area contributed by atoms with Crippen LogP contribution in [0.1, 0.15) is 123 Å². The first kappa shape index (κ1) is 61.3. The third-order valence-electron chi connectivity index (χ3n) is 17.7. The average molecular weight is 1150 g/mol. The zero-order valence-corrected chi connectivity index (χ0v) is 49.6. The number of piperidine rings is 1. The molecule has 22 heteroatoms. The van der Waals surface area contributed by atoms with Gasteiger partial charge >= 0.3 is 17.8 Å². The molecule has 1 spiro atoms. The molecule has 0 aliphatic carbocycles. The molecule has 0 aromatic heterocycles. The Bertz CT molecular complexity index is 2980. The van der Waals surface area contributed by atoms with Gasteiger partial charge in [0.05, 0.1) is 59.8 Å². The van der Waals surface area contributed by atoms with E-state index in [0.29, 0.717) is 38.3 Å². The van der Waals surface area contributed by atoms with Crippen molar-refractivity contribution in [2.45, 2.75) is 167 Å². The lowest BCUT2D eigenvalue weighted by Gasteiger charge is -2.40. The number of phenolic OH excluding ortho intramolecular Hbond substituents is 2. The van der Waals surface area contributed by atoms with Gasteiger partial charge in [-0.15, -0.1) is 0 Å². The van der Waals surface area contributed by atoms with Gasteiger partial charge in [0, 0.05) is 118 Å². The normalized spacial score (nSPS) is 32.4. The van der Waals surface area contributed by atoms with E-state index in [-0.39, 0.29) is 104 Å². The van der Waals surface area contributed by atoms with Crippen LogP contribution in [0.5, 0.6) is 17.2 Å². The predicted molar refractivity (Wildman–Crippen MR) is 303 cm³/mol. The van der Waals surface area contributed by atoms with Crippen LogP contribution in [-0.2, 0) is 38.1 Å². The number of nitrogens with one attached hydrogen (secondary N) is 4. The van der Waals surface area contributed by atoms with Crippen molar-refractivity contribution >= 4 is 63.6 Å². The Morgan fingerprint density at radius 1 is 0.938 bits per heavy atom. The largest absolute Gasteiger partial charge is 0.507 e. The molecule has 4 unspecified atom stereocenters. The zero-order chi connectivity index (χ0) is 59.0. The van der Waals surface area contributed by atoms with E-state index in [9.17, 15) is 44.1 Å². The van der Waals surface area contributed by atoms with Crippen LogP contribution in [0.15, 0.2) is 34.0 Å². The summed E-state index contributed by atoms with van der Waals surface area (Å²) in [5.74, 6) is -8.03. The van der Waals surface area contributed by atoms with E-state index in [1.165, 1.54) is 48.2 Å². The number of amides is 4. The minimum absolute atomic E-state index is 0.0118. The number of phenols is 2. The molecule has 7 aliphatic heterocycles. The number of fused-ring (bicyclic) bond motifs is 15. The van der Waals surface area contributed by atoms with Crippen LogP contribution >= 0.6 is 11.8 Å². The van der Waals surface area contributed by atoms with Gasteiger partial charge in [-0.25, -0.2) is 9.79 Å². The number of allylic oxidation sites excluding steroid dienone is 1. The van der Waals surface area contributed by atoms with E-state index in [0.717, 1.165) is 25.1 Å². The Labute approximate surface area is 477 Å². The number of thioether (sulfide) groups is 1. The maximum absolute atomic E-state index is 15.0. The number of unbranched alkanes of at least 4 members (excludes halogenated alkanes) is 1. The number of rotatable bonds is 13. The molecule has 9 rings (SSSR count). The summed E-state index contributed by atoms with van der Waals surface area (Å²) in [7, 11) is 2.94. The first-order valence-electron chi connectivity index (χ1n) is 28.6. The number of Topliss-reactive ketones (excluding diaryl/α,β-unsaturated/α-hetero) is 2. The van der Waals surface area contributed by atoms with Crippen molar-refractivity contribution in [3.05, 3.63) is 45.8 Å². The van der Waals surface area contributed by atoms with E-state index in [4.69, 9.17) is 28.7 Å². The summed E-state index contributed by atoms with van der Waals surface area (Å²) in [5.41, 5.74) is -0.426.